The van der Waals surface area contributed by atoms with Gasteiger partial charge in [0.2, 0.25) is 0 Å². The highest BCUT2D eigenvalue weighted by Gasteiger charge is 2.37. The molecule has 0 fully saturated rings. The molecule has 0 amide bonds. The molecule has 0 unspecified atom stereocenters. The van der Waals surface area contributed by atoms with Gasteiger partial charge in [0.25, 0.3) is 0 Å². The fraction of sp³-hybridized carbons (Fsp3) is 0.312. The number of hydrogen-bond acceptors (Lipinski definition) is 1. The molecular formula is C16H19N. The first-order valence-corrected chi connectivity index (χ1v) is 5.97. The molecule has 1 aliphatic carbocycles. The predicted molar refractivity (Wildman–Crippen MR) is 75.5 cm³/mol. The summed E-state index contributed by atoms with van der Waals surface area (Å²) in [6, 6.07) is 6.67. The summed E-state index contributed by atoms with van der Waals surface area (Å²) in [7, 11) is 0. The van der Waals surface area contributed by atoms with E-state index in [4.69, 9.17) is 0 Å². The summed E-state index contributed by atoms with van der Waals surface area (Å²) in [6.45, 7) is 12.3. The SMILES string of the molecule is C=NC=C1/C(=C\C)c2cc(C)ccc2C1(C)C. The molecule has 2 rings (SSSR count). The fourth-order valence-electron chi connectivity index (χ4n) is 2.69. The first-order chi connectivity index (χ1) is 8.02. The number of aryl methyl sites for hydroxylation is 1. The van der Waals surface area contributed by atoms with Crippen LogP contribution in [0.4, 0.5) is 0 Å². The van der Waals surface area contributed by atoms with Crippen LogP contribution in [-0.4, -0.2) is 6.72 Å². The Morgan fingerprint density at radius 3 is 2.59 bits per heavy atom. The van der Waals surface area contributed by atoms with Crippen molar-refractivity contribution in [1.82, 2.24) is 0 Å². The summed E-state index contributed by atoms with van der Waals surface area (Å²) in [6.07, 6.45) is 4.06. The van der Waals surface area contributed by atoms with Gasteiger partial charge in [0, 0.05) is 11.6 Å². The maximum atomic E-state index is 3.96. The van der Waals surface area contributed by atoms with Gasteiger partial charge in [-0.1, -0.05) is 43.7 Å². The van der Waals surface area contributed by atoms with Crippen molar-refractivity contribution in [1.29, 1.82) is 0 Å². The molecule has 1 aromatic carbocycles. The normalized spacial score (nSPS) is 21.9. The van der Waals surface area contributed by atoms with Crippen LogP contribution in [0.5, 0.6) is 0 Å². The van der Waals surface area contributed by atoms with Gasteiger partial charge in [0.05, 0.1) is 0 Å². The van der Waals surface area contributed by atoms with Crippen LogP contribution in [0.1, 0.15) is 37.5 Å². The predicted octanol–water partition coefficient (Wildman–Crippen LogP) is 4.27. The zero-order chi connectivity index (χ0) is 12.6. The third-order valence-electron chi connectivity index (χ3n) is 3.61. The number of benzene rings is 1. The van der Waals surface area contributed by atoms with Crippen LogP contribution in [0.3, 0.4) is 0 Å². The van der Waals surface area contributed by atoms with E-state index in [1.54, 1.807) is 0 Å². The molecule has 0 radical (unpaired) electrons. The van der Waals surface area contributed by atoms with Gasteiger partial charge in [-0.3, -0.25) is 4.99 Å². The van der Waals surface area contributed by atoms with E-state index in [9.17, 15) is 0 Å². The molecule has 0 atom stereocenters. The Kier molecular flexibility index (Phi) is 2.78. The second kappa shape index (κ2) is 3.99. The second-order valence-corrected chi connectivity index (χ2v) is 5.10. The van der Waals surface area contributed by atoms with E-state index in [0.29, 0.717) is 0 Å². The van der Waals surface area contributed by atoms with Crippen LogP contribution in [0.2, 0.25) is 0 Å². The lowest BCUT2D eigenvalue weighted by molar-refractivity contribution is 0.659. The Morgan fingerprint density at radius 2 is 2.00 bits per heavy atom. The monoisotopic (exact) mass is 225 g/mol. The fourth-order valence-corrected chi connectivity index (χ4v) is 2.69. The molecule has 17 heavy (non-hydrogen) atoms. The van der Waals surface area contributed by atoms with Crippen molar-refractivity contribution < 1.29 is 0 Å². The van der Waals surface area contributed by atoms with Gasteiger partial charge in [-0.05, 0) is 42.8 Å². The van der Waals surface area contributed by atoms with Crippen LogP contribution >= 0.6 is 0 Å². The third-order valence-corrected chi connectivity index (χ3v) is 3.61. The number of rotatable bonds is 1. The Morgan fingerprint density at radius 1 is 1.29 bits per heavy atom. The lowest BCUT2D eigenvalue weighted by Crippen LogP contribution is -2.14. The van der Waals surface area contributed by atoms with Crippen molar-refractivity contribution in [2.24, 2.45) is 4.99 Å². The minimum absolute atomic E-state index is 0.0199. The average Bonchev–Trinajstić information content (AvgIpc) is 2.48. The van der Waals surface area contributed by atoms with Crippen LogP contribution in [0, 0.1) is 6.92 Å². The lowest BCUT2D eigenvalue weighted by atomic mass is 9.82. The van der Waals surface area contributed by atoms with Gasteiger partial charge >= 0.3 is 0 Å². The molecule has 1 heteroatoms. The van der Waals surface area contributed by atoms with Crippen molar-refractivity contribution in [3.8, 4) is 0 Å². The van der Waals surface area contributed by atoms with Gasteiger partial charge in [-0.15, -0.1) is 0 Å². The molecule has 88 valence electrons. The molecule has 0 aromatic heterocycles. The van der Waals surface area contributed by atoms with Crippen LogP contribution < -0.4 is 0 Å². The standard InChI is InChI=1S/C16H19N/c1-6-12-13-9-11(2)7-8-14(13)16(3,4)15(12)10-17-5/h6-10H,5H2,1-4H3/b12-6-,15-10?. The van der Waals surface area contributed by atoms with Crippen LogP contribution in [0.15, 0.2) is 41.0 Å². The topological polar surface area (TPSA) is 12.4 Å². The maximum absolute atomic E-state index is 3.96. The summed E-state index contributed by atoms with van der Waals surface area (Å²) < 4.78 is 0. The summed E-state index contributed by atoms with van der Waals surface area (Å²) in [5.74, 6) is 0. The number of aliphatic imine (C=N–C) groups is 1. The van der Waals surface area contributed by atoms with Crippen molar-refractivity contribution in [2.45, 2.75) is 33.1 Å². The molecular weight excluding hydrogens is 206 g/mol. The first kappa shape index (κ1) is 11.8. The quantitative estimate of drug-likeness (QED) is 0.633. The van der Waals surface area contributed by atoms with Crippen molar-refractivity contribution in [2.75, 3.05) is 0 Å². The zero-order valence-corrected chi connectivity index (χ0v) is 11.0. The van der Waals surface area contributed by atoms with Gasteiger partial charge < -0.3 is 0 Å². The van der Waals surface area contributed by atoms with E-state index in [1.807, 2.05) is 6.20 Å². The van der Waals surface area contributed by atoms with E-state index in [-0.39, 0.29) is 5.41 Å². The number of nitrogens with zero attached hydrogens (tertiary/aromatic N) is 1. The lowest BCUT2D eigenvalue weighted by Gasteiger charge is -2.21. The highest BCUT2D eigenvalue weighted by atomic mass is 14.6. The number of allylic oxidation sites excluding steroid dienone is 3. The van der Waals surface area contributed by atoms with Gasteiger partial charge in [0.1, 0.15) is 0 Å². The molecule has 0 spiro atoms. The smallest absolute Gasteiger partial charge is 0.0307 e. The van der Waals surface area contributed by atoms with E-state index in [1.165, 1.54) is 27.8 Å². The van der Waals surface area contributed by atoms with E-state index in [2.05, 4.69) is 63.7 Å². The van der Waals surface area contributed by atoms with Gasteiger partial charge in [-0.2, -0.15) is 0 Å². The van der Waals surface area contributed by atoms with Gasteiger partial charge in [-0.25, -0.2) is 0 Å². The second-order valence-electron chi connectivity index (χ2n) is 5.10. The Hall–Kier alpha value is -1.63. The Labute approximate surface area is 104 Å². The third kappa shape index (κ3) is 1.66. The average molecular weight is 225 g/mol. The first-order valence-electron chi connectivity index (χ1n) is 5.97. The Bertz CT molecular complexity index is 530. The summed E-state index contributed by atoms with van der Waals surface area (Å²) in [5.41, 5.74) is 6.59. The van der Waals surface area contributed by atoms with Crippen molar-refractivity contribution >= 4 is 12.3 Å². The summed E-state index contributed by atoms with van der Waals surface area (Å²) in [5, 5.41) is 0. The molecule has 1 aromatic rings. The maximum Gasteiger partial charge on any atom is 0.0307 e. The van der Waals surface area contributed by atoms with E-state index >= 15 is 0 Å². The van der Waals surface area contributed by atoms with Crippen molar-refractivity contribution in [3.05, 3.63) is 52.7 Å². The number of fused-ring (bicyclic) bond motifs is 1. The van der Waals surface area contributed by atoms with Gasteiger partial charge in [0.15, 0.2) is 0 Å². The number of hydrogen-bond donors (Lipinski definition) is 0. The molecule has 1 nitrogen and oxygen atoms in total. The Balaban J connectivity index is 2.76. The summed E-state index contributed by atoms with van der Waals surface area (Å²) in [4.78, 5) is 3.96. The highest BCUT2D eigenvalue weighted by molar-refractivity contribution is 5.89. The highest BCUT2D eigenvalue weighted by Crippen LogP contribution is 2.49. The minimum atomic E-state index is 0.0199. The molecule has 0 aliphatic heterocycles. The largest absolute Gasteiger partial charge is 0.272 e. The molecule has 0 saturated carbocycles. The molecule has 0 bridgehead atoms. The molecule has 0 heterocycles. The molecule has 0 saturated heterocycles. The van der Waals surface area contributed by atoms with Crippen LogP contribution in [0.25, 0.3) is 5.57 Å². The van der Waals surface area contributed by atoms with E-state index in [0.717, 1.165) is 0 Å². The molecule has 0 N–H and O–H groups in total. The van der Waals surface area contributed by atoms with Crippen molar-refractivity contribution in [3.63, 3.8) is 0 Å². The van der Waals surface area contributed by atoms with E-state index < -0.39 is 0 Å². The van der Waals surface area contributed by atoms with Crippen LogP contribution in [-0.2, 0) is 5.41 Å². The summed E-state index contributed by atoms with van der Waals surface area (Å²) >= 11 is 0. The molecule has 1 aliphatic rings. The minimum Gasteiger partial charge on any atom is -0.272 e. The zero-order valence-electron chi connectivity index (χ0n) is 11.0.